The highest BCUT2D eigenvalue weighted by atomic mass is 32.2. The Morgan fingerprint density at radius 3 is 2.29 bits per heavy atom. The molecule has 1 N–H and O–H groups in total. The van der Waals surface area contributed by atoms with Gasteiger partial charge in [0.1, 0.15) is 0 Å². The Labute approximate surface area is 166 Å². The van der Waals surface area contributed by atoms with E-state index in [1.807, 2.05) is 13.8 Å². The average molecular weight is 407 g/mol. The summed E-state index contributed by atoms with van der Waals surface area (Å²) in [4.78, 5) is 12.7. The van der Waals surface area contributed by atoms with Crippen molar-refractivity contribution in [2.45, 2.75) is 25.3 Å². The molecule has 0 saturated heterocycles. The molecule has 0 aliphatic rings. The number of benzene rings is 2. The van der Waals surface area contributed by atoms with E-state index in [-0.39, 0.29) is 17.3 Å². The number of nitrogens with one attached hydrogen (secondary N) is 1. The number of carbonyl (C=O) groups excluding carboxylic acids is 1. The molecule has 0 fully saturated rings. The van der Waals surface area contributed by atoms with Crippen LogP contribution in [0.25, 0.3) is 0 Å². The first-order chi connectivity index (χ1) is 13.3. The topological polar surface area (TPSA) is 84.9 Å². The number of ether oxygens (including phenoxy) is 2. The molecule has 2 rings (SSSR count). The molecular weight excluding hydrogens is 380 g/mol. The molecule has 2 aromatic rings. The van der Waals surface area contributed by atoms with E-state index in [1.165, 1.54) is 20.2 Å². The Bertz CT molecular complexity index is 926. The lowest BCUT2D eigenvalue weighted by molar-refractivity contribution is 0.0950. The zero-order valence-corrected chi connectivity index (χ0v) is 17.4. The SMILES string of the molecule is CCOc1ccc(C(=O)NCc2ccccc2S(=O)(=O)N(C)C)cc1OCC. The van der Waals surface area contributed by atoms with E-state index in [4.69, 9.17) is 9.47 Å². The molecule has 1 amide bonds. The minimum atomic E-state index is -3.60. The van der Waals surface area contributed by atoms with Gasteiger partial charge in [-0.3, -0.25) is 4.79 Å². The van der Waals surface area contributed by atoms with Gasteiger partial charge in [-0.05, 0) is 43.7 Å². The Morgan fingerprint density at radius 1 is 1.00 bits per heavy atom. The van der Waals surface area contributed by atoms with Crippen molar-refractivity contribution in [3.63, 3.8) is 0 Å². The van der Waals surface area contributed by atoms with Crippen LogP contribution in [0.2, 0.25) is 0 Å². The van der Waals surface area contributed by atoms with E-state index < -0.39 is 10.0 Å². The first kappa shape index (κ1) is 21.7. The number of rotatable bonds is 9. The number of carbonyl (C=O) groups is 1. The predicted octanol–water partition coefficient (Wildman–Crippen LogP) is 2.66. The number of sulfonamides is 1. The number of amides is 1. The fraction of sp³-hybridized carbons (Fsp3) is 0.350. The second-order valence-corrected chi connectivity index (χ2v) is 8.23. The normalized spacial score (nSPS) is 11.3. The van der Waals surface area contributed by atoms with E-state index in [0.717, 1.165) is 4.31 Å². The highest BCUT2D eigenvalue weighted by Crippen LogP contribution is 2.28. The minimum absolute atomic E-state index is 0.0826. The van der Waals surface area contributed by atoms with Gasteiger partial charge in [0.05, 0.1) is 18.1 Å². The fourth-order valence-electron chi connectivity index (χ4n) is 2.57. The molecule has 0 bridgehead atoms. The summed E-state index contributed by atoms with van der Waals surface area (Å²) in [6.45, 7) is 4.74. The van der Waals surface area contributed by atoms with E-state index in [0.29, 0.717) is 35.8 Å². The Balaban J connectivity index is 2.21. The first-order valence-electron chi connectivity index (χ1n) is 8.99. The van der Waals surface area contributed by atoms with Gasteiger partial charge in [0.25, 0.3) is 5.91 Å². The summed E-state index contributed by atoms with van der Waals surface area (Å²) >= 11 is 0. The summed E-state index contributed by atoms with van der Waals surface area (Å²) in [5.74, 6) is 0.733. The van der Waals surface area contributed by atoms with Crippen molar-refractivity contribution in [3.8, 4) is 11.5 Å². The van der Waals surface area contributed by atoms with Crippen molar-refractivity contribution in [1.29, 1.82) is 0 Å². The predicted molar refractivity (Wildman–Crippen MR) is 107 cm³/mol. The zero-order chi connectivity index (χ0) is 20.7. The lowest BCUT2D eigenvalue weighted by atomic mass is 10.1. The molecule has 0 aromatic heterocycles. The van der Waals surface area contributed by atoms with Gasteiger partial charge < -0.3 is 14.8 Å². The maximum absolute atomic E-state index is 12.6. The molecule has 0 unspecified atom stereocenters. The maximum Gasteiger partial charge on any atom is 0.251 e. The first-order valence-corrected chi connectivity index (χ1v) is 10.4. The van der Waals surface area contributed by atoms with E-state index in [9.17, 15) is 13.2 Å². The molecule has 2 aromatic carbocycles. The van der Waals surface area contributed by atoms with Crippen molar-refractivity contribution in [2.75, 3.05) is 27.3 Å². The van der Waals surface area contributed by atoms with Crippen LogP contribution in [0.5, 0.6) is 11.5 Å². The van der Waals surface area contributed by atoms with Crippen LogP contribution in [-0.4, -0.2) is 45.9 Å². The van der Waals surface area contributed by atoms with Gasteiger partial charge in [0.15, 0.2) is 11.5 Å². The molecule has 0 saturated carbocycles. The molecule has 0 aliphatic carbocycles. The molecule has 7 nitrogen and oxygen atoms in total. The van der Waals surface area contributed by atoms with Gasteiger partial charge in [-0.2, -0.15) is 0 Å². The molecule has 8 heteroatoms. The van der Waals surface area contributed by atoms with Crippen LogP contribution >= 0.6 is 0 Å². The van der Waals surface area contributed by atoms with E-state index in [1.54, 1.807) is 36.4 Å². The van der Waals surface area contributed by atoms with Gasteiger partial charge in [0, 0.05) is 26.2 Å². The van der Waals surface area contributed by atoms with Crippen molar-refractivity contribution in [2.24, 2.45) is 0 Å². The van der Waals surface area contributed by atoms with Crippen LogP contribution in [0.1, 0.15) is 29.8 Å². The Hall–Kier alpha value is -2.58. The van der Waals surface area contributed by atoms with Crippen LogP contribution in [0.15, 0.2) is 47.4 Å². The van der Waals surface area contributed by atoms with Crippen LogP contribution < -0.4 is 14.8 Å². The Kier molecular flexibility index (Phi) is 7.42. The third-order valence-electron chi connectivity index (χ3n) is 3.98. The largest absolute Gasteiger partial charge is 0.490 e. The number of nitrogens with zero attached hydrogens (tertiary/aromatic N) is 1. The third kappa shape index (κ3) is 5.02. The van der Waals surface area contributed by atoms with Crippen LogP contribution in [-0.2, 0) is 16.6 Å². The summed E-state index contributed by atoms with van der Waals surface area (Å²) < 4.78 is 37.1. The Morgan fingerprint density at radius 2 is 1.64 bits per heavy atom. The summed E-state index contributed by atoms with van der Waals surface area (Å²) in [6, 6.07) is 11.6. The third-order valence-corrected chi connectivity index (χ3v) is 5.89. The molecule has 0 heterocycles. The lowest BCUT2D eigenvalue weighted by Gasteiger charge is -2.16. The highest BCUT2D eigenvalue weighted by Gasteiger charge is 2.21. The van der Waals surface area contributed by atoms with Crippen LogP contribution in [0.4, 0.5) is 0 Å². The second-order valence-electron chi connectivity index (χ2n) is 6.11. The van der Waals surface area contributed by atoms with Gasteiger partial charge in [-0.15, -0.1) is 0 Å². The van der Waals surface area contributed by atoms with Crippen LogP contribution in [0, 0.1) is 0 Å². The van der Waals surface area contributed by atoms with Crippen molar-refractivity contribution in [1.82, 2.24) is 9.62 Å². The fourth-order valence-corrected chi connectivity index (χ4v) is 3.68. The average Bonchev–Trinajstić information content (AvgIpc) is 2.67. The molecule has 0 aliphatic heterocycles. The standard InChI is InChI=1S/C20H26N2O5S/c1-5-26-17-12-11-15(13-18(17)27-6-2)20(23)21-14-16-9-7-8-10-19(16)28(24,25)22(3)4/h7-13H,5-6,14H2,1-4H3,(H,21,23). The quantitative estimate of drug-likeness (QED) is 0.692. The van der Waals surface area contributed by atoms with Gasteiger partial charge in [-0.1, -0.05) is 18.2 Å². The molecule has 0 atom stereocenters. The lowest BCUT2D eigenvalue weighted by Crippen LogP contribution is -2.27. The summed E-state index contributed by atoms with van der Waals surface area (Å²) in [5.41, 5.74) is 0.917. The second kappa shape index (κ2) is 9.57. The van der Waals surface area contributed by atoms with E-state index in [2.05, 4.69) is 5.32 Å². The smallest absolute Gasteiger partial charge is 0.251 e. The van der Waals surface area contributed by atoms with Crippen LogP contribution in [0.3, 0.4) is 0 Å². The van der Waals surface area contributed by atoms with Crippen molar-refractivity contribution < 1.29 is 22.7 Å². The molecule has 28 heavy (non-hydrogen) atoms. The van der Waals surface area contributed by atoms with Gasteiger partial charge >= 0.3 is 0 Å². The molecule has 152 valence electrons. The monoisotopic (exact) mass is 406 g/mol. The number of hydrogen-bond donors (Lipinski definition) is 1. The molecule has 0 spiro atoms. The summed E-state index contributed by atoms with van der Waals surface area (Å²) in [5, 5.41) is 2.77. The van der Waals surface area contributed by atoms with Crippen molar-refractivity contribution in [3.05, 3.63) is 53.6 Å². The maximum atomic E-state index is 12.6. The summed E-state index contributed by atoms with van der Waals surface area (Å²) in [6.07, 6.45) is 0. The zero-order valence-electron chi connectivity index (χ0n) is 16.6. The van der Waals surface area contributed by atoms with Crippen molar-refractivity contribution >= 4 is 15.9 Å². The van der Waals surface area contributed by atoms with E-state index >= 15 is 0 Å². The molecular formula is C20H26N2O5S. The number of hydrogen-bond acceptors (Lipinski definition) is 5. The molecule has 0 radical (unpaired) electrons. The van der Waals surface area contributed by atoms with Gasteiger partial charge in [0.2, 0.25) is 10.0 Å². The summed E-state index contributed by atoms with van der Waals surface area (Å²) in [7, 11) is -0.656. The van der Waals surface area contributed by atoms with Gasteiger partial charge in [-0.25, -0.2) is 12.7 Å². The minimum Gasteiger partial charge on any atom is -0.490 e. The highest BCUT2D eigenvalue weighted by molar-refractivity contribution is 7.89.